The molecule has 0 aliphatic rings. The Bertz CT molecular complexity index is 300. The lowest BCUT2D eigenvalue weighted by molar-refractivity contribution is 0.207. The van der Waals surface area contributed by atoms with Crippen LogP contribution < -0.4 is 5.32 Å². The molecular formula is C12H23N3. The molecule has 0 aliphatic heterocycles. The topological polar surface area (TPSA) is 29.9 Å². The number of nitrogens with zero attached hydrogens (tertiary/aromatic N) is 2. The van der Waals surface area contributed by atoms with E-state index in [1.165, 1.54) is 5.69 Å². The fourth-order valence-corrected chi connectivity index (χ4v) is 1.44. The van der Waals surface area contributed by atoms with Gasteiger partial charge in [0.25, 0.3) is 0 Å². The summed E-state index contributed by atoms with van der Waals surface area (Å²) >= 11 is 0. The van der Waals surface area contributed by atoms with Gasteiger partial charge in [-0.05, 0) is 18.4 Å². The van der Waals surface area contributed by atoms with Gasteiger partial charge in [-0.1, -0.05) is 27.7 Å². The summed E-state index contributed by atoms with van der Waals surface area (Å²) in [5.74, 6) is 0.669. The van der Waals surface area contributed by atoms with E-state index in [1.54, 1.807) is 0 Å². The monoisotopic (exact) mass is 209 g/mol. The molecule has 1 N–H and O–H groups in total. The van der Waals surface area contributed by atoms with Gasteiger partial charge in [-0.2, -0.15) is 0 Å². The first-order valence-electron chi connectivity index (χ1n) is 5.61. The molecule has 1 aromatic heterocycles. The highest BCUT2D eigenvalue weighted by atomic mass is 15.1. The predicted octanol–water partition coefficient (Wildman–Crippen LogP) is 2.28. The molecule has 0 saturated carbocycles. The van der Waals surface area contributed by atoms with Crippen molar-refractivity contribution in [3.8, 4) is 0 Å². The predicted molar refractivity (Wildman–Crippen MR) is 63.6 cm³/mol. The molecule has 3 heteroatoms. The number of rotatable bonds is 5. The molecule has 1 heterocycles. The van der Waals surface area contributed by atoms with Gasteiger partial charge in [0, 0.05) is 19.3 Å². The summed E-state index contributed by atoms with van der Waals surface area (Å²) in [6, 6.07) is 0. The summed E-state index contributed by atoms with van der Waals surface area (Å²) in [5, 5.41) is 3.16. The van der Waals surface area contributed by atoms with Gasteiger partial charge >= 0.3 is 0 Å². The Labute approximate surface area is 92.9 Å². The molecule has 0 spiro atoms. The van der Waals surface area contributed by atoms with Crippen LogP contribution in [0.5, 0.6) is 0 Å². The van der Waals surface area contributed by atoms with Gasteiger partial charge in [0.1, 0.15) is 0 Å². The maximum absolute atomic E-state index is 4.21. The van der Waals surface area contributed by atoms with Crippen LogP contribution in [0.1, 0.15) is 33.4 Å². The molecular weight excluding hydrogens is 186 g/mol. The van der Waals surface area contributed by atoms with E-state index in [0.717, 1.165) is 13.1 Å². The van der Waals surface area contributed by atoms with Crippen molar-refractivity contribution in [3.05, 3.63) is 18.2 Å². The third kappa shape index (κ3) is 3.06. The van der Waals surface area contributed by atoms with Crippen LogP contribution in [0.2, 0.25) is 0 Å². The molecule has 3 nitrogen and oxygen atoms in total. The summed E-state index contributed by atoms with van der Waals surface area (Å²) in [5.41, 5.74) is 1.56. The minimum absolute atomic E-state index is 0.309. The van der Waals surface area contributed by atoms with Crippen LogP contribution in [-0.2, 0) is 13.1 Å². The van der Waals surface area contributed by atoms with Crippen LogP contribution in [0.4, 0.5) is 0 Å². The Morgan fingerprint density at radius 2 is 2.13 bits per heavy atom. The minimum Gasteiger partial charge on any atom is -0.333 e. The van der Waals surface area contributed by atoms with E-state index < -0.39 is 0 Å². The standard InChI is InChI=1S/C12H23N3/c1-10(2)12(3,4)8-15-9-14-7-11(15)6-13-5/h7,9-10,13H,6,8H2,1-5H3. The molecule has 0 radical (unpaired) electrons. The van der Waals surface area contributed by atoms with Crippen LogP contribution in [0.15, 0.2) is 12.5 Å². The van der Waals surface area contributed by atoms with Crippen molar-refractivity contribution in [2.24, 2.45) is 11.3 Å². The van der Waals surface area contributed by atoms with Crippen LogP contribution in [0, 0.1) is 11.3 Å². The second-order valence-corrected chi connectivity index (χ2v) is 5.19. The molecule has 0 atom stereocenters. The van der Waals surface area contributed by atoms with Crippen molar-refractivity contribution in [1.29, 1.82) is 0 Å². The number of aromatic nitrogens is 2. The molecule has 0 saturated heterocycles. The molecule has 15 heavy (non-hydrogen) atoms. The molecule has 0 aromatic carbocycles. The molecule has 0 bridgehead atoms. The van der Waals surface area contributed by atoms with E-state index in [4.69, 9.17) is 0 Å². The van der Waals surface area contributed by atoms with Crippen LogP contribution in [0.3, 0.4) is 0 Å². The zero-order valence-electron chi connectivity index (χ0n) is 10.5. The van der Waals surface area contributed by atoms with E-state index in [1.807, 2.05) is 19.6 Å². The van der Waals surface area contributed by atoms with E-state index >= 15 is 0 Å². The Hall–Kier alpha value is -0.830. The molecule has 1 rings (SSSR count). The lowest BCUT2D eigenvalue weighted by atomic mass is 9.81. The zero-order chi connectivity index (χ0) is 11.5. The van der Waals surface area contributed by atoms with Gasteiger partial charge in [0.2, 0.25) is 0 Å². The van der Waals surface area contributed by atoms with Crippen molar-refractivity contribution in [3.63, 3.8) is 0 Å². The average Bonchev–Trinajstić information content (AvgIpc) is 2.52. The lowest BCUT2D eigenvalue weighted by Crippen LogP contribution is -2.26. The van der Waals surface area contributed by atoms with Crippen molar-refractivity contribution in [1.82, 2.24) is 14.9 Å². The highest BCUT2D eigenvalue weighted by Gasteiger charge is 2.23. The van der Waals surface area contributed by atoms with E-state index in [-0.39, 0.29) is 0 Å². The maximum atomic E-state index is 4.21. The number of hydrogen-bond acceptors (Lipinski definition) is 2. The van der Waals surface area contributed by atoms with Gasteiger partial charge in [-0.15, -0.1) is 0 Å². The van der Waals surface area contributed by atoms with Crippen LogP contribution in [0.25, 0.3) is 0 Å². The molecule has 0 aliphatic carbocycles. The average molecular weight is 209 g/mol. The molecule has 0 amide bonds. The summed E-state index contributed by atoms with van der Waals surface area (Å²) in [7, 11) is 1.96. The zero-order valence-corrected chi connectivity index (χ0v) is 10.5. The summed E-state index contributed by atoms with van der Waals surface area (Å²) in [6.45, 7) is 11.1. The molecule has 0 unspecified atom stereocenters. The second kappa shape index (κ2) is 4.79. The van der Waals surface area contributed by atoms with Crippen molar-refractivity contribution >= 4 is 0 Å². The first-order chi connectivity index (χ1) is 6.97. The summed E-state index contributed by atoms with van der Waals surface area (Å²) < 4.78 is 2.25. The third-order valence-electron chi connectivity index (χ3n) is 3.30. The van der Waals surface area contributed by atoms with Gasteiger partial charge in [0.05, 0.1) is 12.0 Å². The van der Waals surface area contributed by atoms with Crippen LogP contribution >= 0.6 is 0 Å². The highest BCUT2D eigenvalue weighted by Crippen LogP contribution is 2.28. The lowest BCUT2D eigenvalue weighted by Gasteiger charge is -2.30. The molecule has 1 aromatic rings. The van der Waals surface area contributed by atoms with Gasteiger partial charge < -0.3 is 9.88 Å². The quantitative estimate of drug-likeness (QED) is 0.806. The molecule has 86 valence electrons. The Balaban J connectivity index is 2.75. The fourth-order valence-electron chi connectivity index (χ4n) is 1.44. The SMILES string of the molecule is CNCc1cncn1CC(C)(C)C(C)C. The van der Waals surface area contributed by atoms with E-state index in [9.17, 15) is 0 Å². The normalized spacial score (nSPS) is 12.4. The van der Waals surface area contributed by atoms with Gasteiger partial charge in [0.15, 0.2) is 0 Å². The number of imidazole rings is 1. The van der Waals surface area contributed by atoms with E-state index in [0.29, 0.717) is 11.3 Å². The first-order valence-corrected chi connectivity index (χ1v) is 5.61. The smallest absolute Gasteiger partial charge is 0.0948 e. The minimum atomic E-state index is 0.309. The Morgan fingerprint density at radius 3 is 2.67 bits per heavy atom. The maximum Gasteiger partial charge on any atom is 0.0948 e. The van der Waals surface area contributed by atoms with Crippen molar-refractivity contribution in [2.75, 3.05) is 7.05 Å². The molecule has 0 fully saturated rings. The second-order valence-electron chi connectivity index (χ2n) is 5.19. The number of hydrogen-bond donors (Lipinski definition) is 1. The first kappa shape index (κ1) is 12.2. The van der Waals surface area contributed by atoms with Crippen molar-refractivity contribution in [2.45, 2.75) is 40.8 Å². The summed E-state index contributed by atoms with van der Waals surface area (Å²) in [4.78, 5) is 4.21. The number of nitrogens with one attached hydrogen (secondary N) is 1. The summed E-state index contributed by atoms with van der Waals surface area (Å²) in [6.07, 6.45) is 3.86. The largest absolute Gasteiger partial charge is 0.333 e. The third-order valence-corrected chi connectivity index (χ3v) is 3.30. The Kier molecular flexibility index (Phi) is 3.91. The Morgan fingerprint density at radius 1 is 1.47 bits per heavy atom. The fraction of sp³-hybridized carbons (Fsp3) is 0.750. The van der Waals surface area contributed by atoms with Gasteiger partial charge in [-0.3, -0.25) is 0 Å². The van der Waals surface area contributed by atoms with Crippen molar-refractivity contribution < 1.29 is 0 Å². The van der Waals surface area contributed by atoms with Gasteiger partial charge in [-0.25, -0.2) is 4.98 Å². The van der Waals surface area contributed by atoms with Crippen LogP contribution in [-0.4, -0.2) is 16.6 Å². The highest BCUT2D eigenvalue weighted by molar-refractivity contribution is 4.98. The van der Waals surface area contributed by atoms with E-state index in [2.05, 4.69) is 42.6 Å².